The Hall–Kier alpha value is -2.08. The van der Waals surface area contributed by atoms with Gasteiger partial charge in [-0.3, -0.25) is 4.79 Å². The van der Waals surface area contributed by atoms with Gasteiger partial charge in [-0.05, 0) is 46.3 Å². The van der Waals surface area contributed by atoms with Gasteiger partial charge in [0.15, 0.2) is 0 Å². The Morgan fingerprint density at radius 1 is 1.22 bits per heavy atom. The Morgan fingerprint density at radius 2 is 2.00 bits per heavy atom. The van der Waals surface area contributed by atoms with Crippen molar-refractivity contribution in [2.75, 3.05) is 16.8 Å². The van der Waals surface area contributed by atoms with Crippen LogP contribution in [0.2, 0.25) is 0 Å². The Morgan fingerprint density at radius 3 is 2.61 bits per heavy atom. The normalized spacial score (nSPS) is 10.1. The first-order valence-corrected chi connectivity index (χ1v) is 5.93. The molecule has 18 heavy (non-hydrogen) atoms. The highest BCUT2D eigenvalue weighted by molar-refractivity contribution is 9.10. The van der Waals surface area contributed by atoms with Gasteiger partial charge < -0.3 is 16.8 Å². The van der Waals surface area contributed by atoms with Gasteiger partial charge in [0, 0.05) is 22.0 Å². The Bertz CT molecular complexity index is 583. The first-order chi connectivity index (χ1) is 8.56. The van der Waals surface area contributed by atoms with Crippen LogP contribution < -0.4 is 16.8 Å². The molecule has 0 unspecified atom stereocenters. The molecule has 1 aromatic carbocycles. The van der Waals surface area contributed by atoms with E-state index in [1.165, 1.54) is 0 Å². The molecule has 0 saturated carbocycles. The minimum absolute atomic E-state index is 0.317. The third-order valence-electron chi connectivity index (χ3n) is 2.29. The number of benzene rings is 1. The molecule has 92 valence electrons. The summed E-state index contributed by atoms with van der Waals surface area (Å²) in [5.41, 5.74) is 12.5. The van der Waals surface area contributed by atoms with E-state index in [4.69, 9.17) is 11.5 Å². The van der Waals surface area contributed by atoms with Crippen LogP contribution in [-0.2, 0) is 0 Å². The van der Waals surface area contributed by atoms with Crippen LogP contribution >= 0.6 is 15.9 Å². The van der Waals surface area contributed by atoms with Gasteiger partial charge in [-0.15, -0.1) is 0 Å². The highest BCUT2D eigenvalue weighted by atomic mass is 79.9. The summed E-state index contributed by atoms with van der Waals surface area (Å²) < 4.78 is 0.840. The van der Waals surface area contributed by atoms with Gasteiger partial charge in [0.05, 0.1) is 5.56 Å². The third-order valence-corrected chi connectivity index (χ3v) is 2.76. The molecule has 6 heteroatoms. The van der Waals surface area contributed by atoms with E-state index in [2.05, 4.69) is 26.2 Å². The molecule has 0 fully saturated rings. The van der Waals surface area contributed by atoms with Crippen molar-refractivity contribution in [1.29, 1.82) is 0 Å². The van der Waals surface area contributed by atoms with E-state index in [9.17, 15) is 4.79 Å². The van der Waals surface area contributed by atoms with Crippen molar-refractivity contribution in [2.45, 2.75) is 0 Å². The van der Waals surface area contributed by atoms with E-state index < -0.39 is 0 Å². The number of nitrogens with two attached hydrogens (primary N) is 2. The number of hydrogen-bond donors (Lipinski definition) is 3. The molecule has 1 aromatic heterocycles. The van der Waals surface area contributed by atoms with Gasteiger partial charge in [0.25, 0.3) is 5.91 Å². The maximum atomic E-state index is 11.9. The fourth-order valence-corrected chi connectivity index (χ4v) is 1.66. The van der Waals surface area contributed by atoms with Crippen LogP contribution in [0.15, 0.2) is 41.0 Å². The molecule has 0 aliphatic heterocycles. The van der Waals surface area contributed by atoms with Crippen LogP contribution in [0.3, 0.4) is 0 Å². The molecule has 0 spiro atoms. The second-order valence-electron chi connectivity index (χ2n) is 3.66. The van der Waals surface area contributed by atoms with Gasteiger partial charge in [-0.2, -0.15) is 0 Å². The molecular weight excluding hydrogens is 296 g/mol. The number of carbonyl (C=O) groups is 1. The lowest BCUT2D eigenvalue weighted by Gasteiger charge is -2.07. The number of anilines is 3. The van der Waals surface area contributed by atoms with E-state index in [0.29, 0.717) is 22.8 Å². The summed E-state index contributed by atoms with van der Waals surface area (Å²) in [5.74, 6) is 0.141. The fourth-order valence-electron chi connectivity index (χ4n) is 1.42. The summed E-state index contributed by atoms with van der Waals surface area (Å²) in [6.07, 6.45) is 1.60. The zero-order chi connectivity index (χ0) is 13.1. The number of hydrogen-bond acceptors (Lipinski definition) is 4. The monoisotopic (exact) mass is 306 g/mol. The molecule has 0 aliphatic carbocycles. The van der Waals surface area contributed by atoms with Crippen LogP contribution in [0.4, 0.5) is 17.2 Å². The molecule has 5 nitrogen and oxygen atoms in total. The van der Waals surface area contributed by atoms with Crippen molar-refractivity contribution in [3.05, 3.63) is 46.6 Å². The van der Waals surface area contributed by atoms with Crippen molar-refractivity contribution >= 4 is 39.0 Å². The van der Waals surface area contributed by atoms with Crippen molar-refractivity contribution in [2.24, 2.45) is 0 Å². The second-order valence-corrected chi connectivity index (χ2v) is 4.58. The van der Waals surface area contributed by atoms with Crippen molar-refractivity contribution in [3.63, 3.8) is 0 Å². The molecule has 0 bridgehead atoms. The van der Waals surface area contributed by atoms with Crippen LogP contribution in [0, 0.1) is 0 Å². The molecule has 0 atom stereocenters. The summed E-state index contributed by atoms with van der Waals surface area (Å²) in [5, 5.41) is 2.65. The second kappa shape index (κ2) is 5.05. The maximum Gasteiger partial charge on any atom is 0.258 e. The zero-order valence-electron chi connectivity index (χ0n) is 9.35. The number of rotatable bonds is 2. The van der Waals surface area contributed by atoms with Gasteiger partial charge in [-0.25, -0.2) is 4.98 Å². The predicted octanol–water partition coefficient (Wildman–Crippen LogP) is 2.26. The van der Waals surface area contributed by atoms with E-state index in [1.54, 1.807) is 36.5 Å². The lowest BCUT2D eigenvalue weighted by molar-refractivity contribution is 0.102. The Balaban J connectivity index is 2.19. The number of nitrogens with one attached hydrogen (secondary N) is 1. The molecule has 2 rings (SSSR count). The molecule has 0 saturated heterocycles. The molecule has 1 heterocycles. The highest BCUT2D eigenvalue weighted by Crippen LogP contribution is 2.17. The summed E-state index contributed by atoms with van der Waals surface area (Å²) in [4.78, 5) is 16.0. The summed E-state index contributed by atoms with van der Waals surface area (Å²) >= 11 is 3.27. The van der Waals surface area contributed by atoms with Crippen molar-refractivity contribution in [1.82, 2.24) is 4.98 Å². The number of pyridine rings is 1. The molecule has 1 amide bonds. The molecule has 0 radical (unpaired) electrons. The fraction of sp³-hybridized carbons (Fsp3) is 0. The maximum absolute atomic E-state index is 11.9. The highest BCUT2D eigenvalue weighted by Gasteiger charge is 2.10. The van der Waals surface area contributed by atoms with Crippen LogP contribution in [0.1, 0.15) is 10.4 Å². The lowest BCUT2D eigenvalue weighted by atomic mass is 10.1. The molecule has 2 aromatic rings. The average molecular weight is 307 g/mol. The van der Waals surface area contributed by atoms with Crippen molar-refractivity contribution in [3.8, 4) is 0 Å². The van der Waals surface area contributed by atoms with Gasteiger partial charge >= 0.3 is 0 Å². The molecular formula is C12H11BrN4O. The summed E-state index contributed by atoms with van der Waals surface area (Å²) in [6, 6.07) is 8.23. The number of nitrogen functional groups attached to an aromatic ring is 2. The van der Waals surface area contributed by atoms with E-state index in [0.717, 1.165) is 4.47 Å². The number of amides is 1. The summed E-state index contributed by atoms with van der Waals surface area (Å²) in [6.45, 7) is 0. The van der Waals surface area contributed by atoms with E-state index in [1.807, 2.05) is 0 Å². The van der Waals surface area contributed by atoms with Gasteiger partial charge in [-0.1, -0.05) is 0 Å². The number of carbonyl (C=O) groups excluding carboxylic acids is 1. The average Bonchev–Trinajstić information content (AvgIpc) is 2.32. The van der Waals surface area contributed by atoms with Crippen LogP contribution in [0.5, 0.6) is 0 Å². The largest absolute Gasteiger partial charge is 0.399 e. The number of halogens is 1. The standard InChI is InChI=1S/C12H11BrN4O/c13-7-1-4-11(16-6-7)17-12(18)9-3-2-8(14)5-10(9)15/h1-6H,14-15H2,(H,16,17,18). The van der Waals surface area contributed by atoms with E-state index in [-0.39, 0.29) is 5.91 Å². The zero-order valence-corrected chi connectivity index (χ0v) is 10.9. The predicted molar refractivity (Wildman–Crippen MR) is 75.2 cm³/mol. The van der Waals surface area contributed by atoms with Crippen LogP contribution in [-0.4, -0.2) is 10.9 Å². The minimum Gasteiger partial charge on any atom is -0.399 e. The first kappa shape index (κ1) is 12.4. The van der Waals surface area contributed by atoms with Gasteiger partial charge in [0.2, 0.25) is 0 Å². The molecule has 0 aliphatic rings. The SMILES string of the molecule is Nc1ccc(C(=O)Nc2ccc(Br)cn2)c(N)c1. The minimum atomic E-state index is -0.317. The van der Waals surface area contributed by atoms with E-state index >= 15 is 0 Å². The Labute approximate surface area is 112 Å². The van der Waals surface area contributed by atoms with Crippen LogP contribution in [0.25, 0.3) is 0 Å². The third kappa shape index (κ3) is 2.78. The molecule has 5 N–H and O–H groups in total. The smallest absolute Gasteiger partial charge is 0.258 e. The number of nitrogens with zero attached hydrogens (tertiary/aromatic N) is 1. The lowest BCUT2D eigenvalue weighted by Crippen LogP contribution is -2.15. The number of aromatic nitrogens is 1. The topological polar surface area (TPSA) is 94.0 Å². The quantitative estimate of drug-likeness (QED) is 0.742. The first-order valence-electron chi connectivity index (χ1n) is 5.14. The Kier molecular flexibility index (Phi) is 3.47. The van der Waals surface area contributed by atoms with Gasteiger partial charge in [0.1, 0.15) is 5.82 Å². The summed E-state index contributed by atoms with van der Waals surface area (Å²) in [7, 11) is 0. The van der Waals surface area contributed by atoms with Crippen molar-refractivity contribution < 1.29 is 4.79 Å².